The van der Waals surface area contributed by atoms with Crippen LogP contribution in [-0.2, 0) is 17.9 Å². The number of fused-ring (bicyclic) bond motifs is 1. The summed E-state index contributed by atoms with van der Waals surface area (Å²) in [5, 5.41) is 0. The SMILES string of the molecule is Cc1cc2nc(COC3CN(Cc4cccnc4)CC3F)[nH]c2cc1C. The Balaban J connectivity index is 1.37. The first kappa shape index (κ1) is 17.1. The second-order valence-electron chi connectivity index (χ2n) is 7.06. The number of H-pyrrole nitrogens is 1. The highest BCUT2D eigenvalue weighted by molar-refractivity contribution is 5.77. The second kappa shape index (κ2) is 7.13. The number of benzene rings is 1. The van der Waals surface area contributed by atoms with Gasteiger partial charge in [0.1, 0.15) is 24.7 Å². The Morgan fingerprint density at radius 1 is 1.27 bits per heavy atom. The van der Waals surface area contributed by atoms with Crippen molar-refractivity contribution >= 4 is 11.0 Å². The molecule has 26 heavy (non-hydrogen) atoms. The van der Waals surface area contributed by atoms with Crippen LogP contribution in [0, 0.1) is 13.8 Å². The van der Waals surface area contributed by atoms with Crippen molar-refractivity contribution in [2.75, 3.05) is 13.1 Å². The standard InChI is InChI=1S/C20H23FN4O/c1-13-6-17-18(7-14(13)2)24-20(23-17)12-26-19-11-25(10-16(19)21)9-15-4-3-5-22-8-15/h3-8,16,19H,9-12H2,1-2H3,(H,23,24). The molecule has 136 valence electrons. The average molecular weight is 354 g/mol. The number of imidazole rings is 1. The van der Waals surface area contributed by atoms with Crippen molar-refractivity contribution < 1.29 is 9.13 Å². The lowest BCUT2D eigenvalue weighted by atomic mass is 10.1. The van der Waals surface area contributed by atoms with Gasteiger partial charge < -0.3 is 9.72 Å². The van der Waals surface area contributed by atoms with E-state index >= 15 is 0 Å². The summed E-state index contributed by atoms with van der Waals surface area (Å²) >= 11 is 0. The predicted octanol–water partition coefficient (Wildman–Crippen LogP) is 3.31. The maximum atomic E-state index is 14.3. The molecule has 1 aliphatic heterocycles. The van der Waals surface area contributed by atoms with Crippen molar-refractivity contribution in [3.63, 3.8) is 0 Å². The Labute approximate surface area is 152 Å². The van der Waals surface area contributed by atoms with Crippen molar-refractivity contribution in [2.24, 2.45) is 0 Å². The Morgan fingerprint density at radius 2 is 2.12 bits per heavy atom. The fraction of sp³-hybridized carbons (Fsp3) is 0.400. The van der Waals surface area contributed by atoms with E-state index in [0.717, 1.165) is 22.4 Å². The van der Waals surface area contributed by atoms with Gasteiger partial charge in [-0.05, 0) is 48.7 Å². The van der Waals surface area contributed by atoms with Crippen molar-refractivity contribution in [1.82, 2.24) is 19.9 Å². The van der Waals surface area contributed by atoms with Crippen molar-refractivity contribution in [3.05, 3.63) is 59.2 Å². The van der Waals surface area contributed by atoms with Crippen LogP contribution in [0.4, 0.5) is 4.39 Å². The third-order valence-corrected chi connectivity index (χ3v) is 4.98. The molecule has 2 atom stereocenters. The topological polar surface area (TPSA) is 54.0 Å². The van der Waals surface area contributed by atoms with E-state index in [4.69, 9.17) is 4.74 Å². The number of ether oxygens (including phenoxy) is 1. The van der Waals surface area contributed by atoms with Crippen LogP contribution in [0.3, 0.4) is 0 Å². The Bertz CT molecular complexity index is 856. The van der Waals surface area contributed by atoms with Gasteiger partial charge in [-0.25, -0.2) is 9.37 Å². The number of aryl methyl sites for hydroxylation is 2. The number of hydrogen-bond donors (Lipinski definition) is 1. The number of rotatable bonds is 5. The predicted molar refractivity (Wildman–Crippen MR) is 98.6 cm³/mol. The number of alkyl halides is 1. The number of aromatic amines is 1. The zero-order valence-corrected chi connectivity index (χ0v) is 15.1. The number of hydrogen-bond acceptors (Lipinski definition) is 4. The van der Waals surface area contributed by atoms with Gasteiger partial charge in [-0.1, -0.05) is 6.07 Å². The summed E-state index contributed by atoms with van der Waals surface area (Å²) in [4.78, 5) is 14.0. The zero-order valence-electron chi connectivity index (χ0n) is 15.1. The number of nitrogens with zero attached hydrogens (tertiary/aromatic N) is 3. The number of likely N-dealkylation sites (tertiary alicyclic amines) is 1. The number of pyridine rings is 1. The van der Waals surface area contributed by atoms with E-state index in [1.165, 1.54) is 11.1 Å². The molecule has 0 bridgehead atoms. The minimum absolute atomic E-state index is 0.290. The summed E-state index contributed by atoms with van der Waals surface area (Å²) in [5.41, 5.74) is 5.44. The van der Waals surface area contributed by atoms with Crippen LogP contribution in [0.2, 0.25) is 0 Å². The van der Waals surface area contributed by atoms with Gasteiger partial charge in [-0.3, -0.25) is 9.88 Å². The van der Waals surface area contributed by atoms with Crippen LogP contribution >= 0.6 is 0 Å². The zero-order chi connectivity index (χ0) is 18.1. The van der Waals surface area contributed by atoms with Crippen molar-refractivity contribution in [3.8, 4) is 0 Å². The van der Waals surface area contributed by atoms with E-state index in [0.29, 0.717) is 26.2 Å². The molecular formula is C20H23FN4O. The monoisotopic (exact) mass is 354 g/mol. The molecule has 2 aromatic heterocycles. The van der Waals surface area contributed by atoms with E-state index in [9.17, 15) is 4.39 Å². The molecular weight excluding hydrogens is 331 g/mol. The van der Waals surface area contributed by atoms with Crippen LogP contribution in [0.25, 0.3) is 11.0 Å². The highest BCUT2D eigenvalue weighted by atomic mass is 19.1. The highest BCUT2D eigenvalue weighted by Gasteiger charge is 2.33. The quantitative estimate of drug-likeness (QED) is 0.764. The summed E-state index contributed by atoms with van der Waals surface area (Å²) in [6.07, 6.45) is 2.15. The Morgan fingerprint density at radius 3 is 2.92 bits per heavy atom. The van der Waals surface area contributed by atoms with Crippen LogP contribution in [-0.4, -0.2) is 45.2 Å². The van der Waals surface area contributed by atoms with Gasteiger partial charge in [-0.15, -0.1) is 0 Å². The van der Waals surface area contributed by atoms with E-state index in [-0.39, 0.29) is 0 Å². The van der Waals surface area contributed by atoms with Crippen LogP contribution in [0.1, 0.15) is 22.5 Å². The summed E-state index contributed by atoms with van der Waals surface area (Å²) in [6, 6.07) is 8.06. The number of halogens is 1. The Kier molecular flexibility index (Phi) is 4.70. The van der Waals surface area contributed by atoms with E-state index in [1.54, 1.807) is 6.20 Å². The average Bonchev–Trinajstić information content (AvgIpc) is 3.17. The first-order chi connectivity index (χ1) is 12.6. The van der Waals surface area contributed by atoms with Gasteiger partial charge in [0.15, 0.2) is 0 Å². The van der Waals surface area contributed by atoms with Gasteiger partial charge in [-0.2, -0.15) is 0 Å². The molecule has 3 aromatic rings. The highest BCUT2D eigenvalue weighted by Crippen LogP contribution is 2.21. The number of nitrogens with one attached hydrogen (secondary N) is 1. The third-order valence-electron chi connectivity index (χ3n) is 4.98. The van der Waals surface area contributed by atoms with Crippen LogP contribution < -0.4 is 0 Å². The van der Waals surface area contributed by atoms with Crippen LogP contribution in [0.5, 0.6) is 0 Å². The van der Waals surface area contributed by atoms with Gasteiger partial charge in [0, 0.05) is 32.0 Å². The molecule has 3 heterocycles. The van der Waals surface area contributed by atoms with E-state index < -0.39 is 12.3 Å². The molecule has 1 fully saturated rings. The molecule has 0 spiro atoms. The summed E-state index contributed by atoms with van der Waals surface area (Å²) < 4.78 is 20.2. The molecule has 0 amide bonds. The molecule has 0 aliphatic carbocycles. The van der Waals surface area contributed by atoms with Gasteiger partial charge in [0.2, 0.25) is 0 Å². The molecule has 1 aromatic carbocycles. The Hall–Kier alpha value is -2.31. The number of aromatic nitrogens is 3. The second-order valence-corrected chi connectivity index (χ2v) is 7.06. The van der Waals surface area contributed by atoms with E-state index in [2.05, 4.69) is 45.8 Å². The molecule has 4 rings (SSSR count). The summed E-state index contributed by atoms with van der Waals surface area (Å²) in [7, 11) is 0. The molecule has 1 aliphatic rings. The largest absolute Gasteiger partial charge is 0.366 e. The molecule has 0 radical (unpaired) electrons. The normalized spacial score (nSPS) is 20.9. The lowest BCUT2D eigenvalue weighted by Crippen LogP contribution is -2.24. The first-order valence-corrected chi connectivity index (χ1v) is 8.91. The lowest BCUT2D eigenvalue weighted by molar-refractivity contribution is 0.00863. The fourth-order valence-electron chi connectivity index (χ4n) is 3.42. The van der Waals surface area contributed by atoms with Crippen molar-refractivity contribution in [1.29, 1.82) is 0 Å². The first-order valence-electron chi connectivity index (χ1n) is 8.91. The van der Waals surface area contributed by atoms with Gasteiger partial charge in [0.05, 0.1) is 11.0 Å². The minimum Gasteiger partial charge on any atom is -0.366 e. The molecule has 1 saturated heterocycles. The maximum absolute atomic E-state index is 14.3. The molecule has 5 nitrogen and oxygen atoms in total. The fourth-order valence-corrected chi connectivity index (χ4v) is 3.42. The smallest absolute Gasteiger partial charge is 0.140 e. The summed E-state index contributed by atoms with van der Waals surface area (Å²) in [5.74, 6) is 0.739. The van der Waals surface area contributed by atoms with Gasteiger partial charge in [0.25, 0.3) is 0 Å². The molecule has 0 saturated carbocycles. The maximum Gasteiger partial charge on any atom is 0.140 e. The van der Waals surface area contributed by atoms with Crippen molar-refractivity contribution in [2.45, 2.75) is 39.3 Å². The van der Waals surface area contributed by atoms with Crippen LogP contribution in [0.15, 0.2) is 36.7 Å². The third kappa shape index (κ3) is 3.61. The van der Waals surface area contributed by atoms with E-state index in [1.807, 2.05) is 18.3 Å². The molecule has 2 unspecified atom stereocenters. The minimum atomic E-state index is -0.986. The molecule has 1 N–H and O–H groups in total. The molecule has 6 heteroatoms. The summed E-state index contributed by atoms with van der Waals surface area (Å²) in [6.45, 7) is 6.10. The van der Waals surface area contributed by atoms with Gasteiger partial charge >= 0.3 is 0 Å². The lowest BCUT2D eigenvalue weighted by Gasteiger charge is -2.15.